The molecule has 1 aromatic heterocycles. The number of amides is 2. The molecule has 6 nitrogen and oxygen atoms in total. The summed E-state index contributed by atoms with van der Waals surface area (Å²) >= 11 is 1.60. The maximum Gasteiger partial charge on any atom is 0.321 e. The van der Waals surface area contributed by atoms with Crippen LogP contribution in [0.1, 0.15) is 22.7 Å². The molecule has 0 radical (unpaired) electrons. The lowest BCUT2D eigenvalue weighted by molar-refractivity contribution is 0.0679. The Morgan fingerprint density at radius 2 is 2.24 bits per heavy atom. The van der Waals surface area contributed by atoms with Crippen LogP contribution in [0, 0.1) is 6.92 Å². The molecule has 0 spiro atoms. The van der Waals surface area contributed by atoms with Gasteiger partial charge in [0.1, 0.15) is 12.4 Å². The Balaban J connectivity index is 1.47. The Kier molecular flexibility index (Phi) is 5.88. The predicted molar refractivity (Wildman–Crippen MR) is 98.2 cm³/mol. The molecule has 0 aliphatic carbocycles. The van der Waals surface area contributed by atoms with Gasteiger partial charge in [0.25, 0.3) is 0 Å². The number of benzene rings is 1. The number of nitrogens with one attached hydrogen (secondary N) is 1. The number of carbonyl (C=O) groups excluding carboxylic acids is 1. The van der Waals surface area contributed by atoms with Crippen LogP contribution in [-0.4, -0.2) is 42.3 Å². The average Bonchev–Trinajstić information content (AvgIpc) is 3.26. The molecule has 1 atom stereocenters. The number of carbonyl (C=O) groups is 1. The molecule has 2 heterocycles. The first-order chi connectivity index (χ1) is 12.1. The van der Waals surface area contributed by atoms with Gasteiger partial charge in [0.2, 0.25) is 0 Å². The van der Waals surface area contributed by atoms with E-state index in [1.54, 1.807) is 23.3 Å². The summed E-state index contributed by atoms with van der Waals surface area (Å²) in [6.07, 6.45) is 4.17. The van der Waals surface area contributed by atoms with Gasteiger partial charge in [-0.1, -0.05) is 0 Å². The molecule has 1 fully saturated rings. The van der Waals surface area contributed by atoms with Gasteiger partial charge in [0.15, 0.2) is 0 Å². The second kappa shape index (κ2) is 8.31. The highest BCUT2D eigenvalue weighted by molar-refractivity contribution is 7.11. The van der Waals surface area contributed by atoms with E-state index in [-0.39, 0.29) is 12.1 Å². The zero-order valence-electron chi connectivity index (χ0n) is 14.5. The van der Waals surface area contributed by atoms with Gasteiger partial charge in [-0.2, -0.15) is 0 Å². The lowest BCUT2D eigenvalue weighted by Gasteiger charge is -2.17. The maximum absolute atomic E-state index is 12.3. The Labute approximate surface area is 151 Å². The highest BCUT2D eigenvalue weighted by Gasteiger charge is 2.16. The fourth-order valence-corrected chi connectivity index (χ4v) is 3.45. The lowest BCUT2D eigenvalue weighted by Crippen LogP contribution is -2.30. The summed E-state index contributed by atoms with van der Waals surface area (Å²) in [6, 6.07) is 7.24. The Morgan fingerprint density at radius 3 is 2.88 bits per heavy atom. The smallest absolute Gasteiger partial charge is 0.321 e. The zero-order chi connectivity index (χ0) is 17.6. The van der Waals surface area contributed by atoms with Crippen molar-refractivity contribution in [3.63, 3.8) is 0 Å². The van der Waals surface area contributed by atoms with Crippen molar-refractivity contribution < 1.29 is 14.3 Å². The largest absolute Gasteiger partial charge is 0.491 e. The molecule has 1 unspecified atom stereocenters. The molecule has 1 aliphatic heterocycles. The number of nitrogens with zero attached hydrogens (tertiary/aromatic N) is 2. The minimum atomic E-state index is -0.154. The third kappa shape index (κ3) is 5.17. The summed E-state index contributed by atoms with van der Waals surface area (Å²) in [5.74, 6) is 0.780. The van der Waals surface area contributed by atoms with E-state index < -0.39 is 0 Å². The maximum atomic E-state index is 12.3. The summed E-state index contributed by atoms with van der Waals surface area (Å²) in [5.41, 5.74) is 0.738. The predicted octanol–water partition coefficient (Wildman–Crippen LogP) is 3.67. The van der Waals surface area contributed by atoms with E-state index in [0.29, 0.717) is 13.2 Å². The lowest BCUT2D eigenvalue weighted by atomic mass is 10.2. The van der Waals surface area contributed by atoms with Crippen LogP contribution < -0.4 is 10.1 Å². The van der Waals surface area contributed by atoms with Crippen molar-refractivity contribution in [3.05, 3.63) is 40.3 Å². The number of ether oxygens (including phenoxy) is 2. The molecule has 2 aromatic rings. The third-order valence-corrected chi connectivity index (χ3v) is 4.87. The second-order valence-corrected chi connectivity index (χ2v) is 7.42. The molecule has 134 valence electrons. The molecule has 3 rings (SSSR count). The Hall–Kier alpha value is -2.12. The molecular formula is C18H23N3O3S. The molecule has 0 bridgehead atoms. The first-order valence-corrected chi connectivity index (χ1v) is 9.19. The van der Waals surface area contributed by atoms with E-state index in [1.165, 1.54) is 0 Å². The molecular weight excluding hydrogens is 338 g/mol. The van der Waals surface area contributed by atoms with E-state index in [2.05, 4.69) is 10.3 Å². The summed E-state index contributed by atoms with van der Waals surface area (Å²) in [6.45, 7) is 3.90. The molecule has 25 heavy (non-hydrogen) atoms. The number of hydrogen-bond acceptors (Lipinski definition) is 5. The molecule has 1 aromatic carbocycles. The first kappa shape index (κ1) is 17.7. The SMILES string of the molecule is Cc1ncc(CN(C)C(=O)Nc2ccc(OCC3CCCO3)cc2)s1. The van der Waals surface area contributed by atoms with Crippen LogP contribution in [0.3, 0.4) is 0 Å². The number of thiazole rings is 1. The van der Waals surface area contributed by atoms with Crippen molar-refractivity contribution in [2.75, 3.05) is 25.6 Å². The van der Waals surface area contributed by atoms with Gasteiger partial charge in [0.05, 0.1) is 17.7 Å². The fourth-order valence-electron chi connectivity index (χ4n) is 2.60. The van der Waals surface area contributed by atoms with E-state index in [0.717, 1.165) is 40.8 Å². The van der Waals surface area contributed by atoms with Crippen molar-refractivity contribution in [3.8, 4) is 5.75 Å². The summed E-state index contributed by atoms with van der Waals surface area (Å²) in [5, 5.41) is 3.89. The van der Waals surface area contributed by atoms with Gasteiger partial charge in [-0.3, -0.25) is 0 Å². The summed E-state index contributed by atoms with van der Waals surface area (Å²) in [7, 11) is 1.77. The van der Waals surface area contributed by atoms with Crippen LogP contribution in [0.2, 0.25) is 0 Å². The Morgan fingerprint density at radius 1 is 1.44 bits per heavy atom. The van der Waals surface area contributed by atoms with Gasteiger partial charge < -0.3 is 19.7 Å². The van der Waals surface area contributed by atoms with Crippen molar-refractivity contribution in [2.45, 2.75) is 32.4 Å². The van der Waals surface area contributed by atoms with E-state index in [9.17, 15) is 4.79 Å². The average molecular weight is 361 g/mol. The fraction of sp³-hybridized carbons (Fsp3) is 0.444. The minimum absolute atomic E-state index is 0.154. The third-order valence-electron chi connectivity index (χ3n) is 3.97. The van der Waals surface area contributed by atoms with Crippen LogP contribution in [0.4, 0.5) is 10.5 Å². The first-order valence-electron chi connectivity index (χ1n) is 8.38. The quantitative estimate of drug-likeness (QED) is 0.853. The standard InChI is InChI=1S/C18H23N3O3S/c1-13-19-10-17(25-13)11-21(2)18(22)20-14-5-7-15(8-6-14)24-12-16-4-3-9-23-16/h5-8,10,16H,3-4,9,11-12H2,1-2H3,(H,20,22). The topological polar surface area (TPSA) is 63.7 Å². The van der Waals surface area contributed by atoms with E-state index in [4.69, 9.17) is 9.47 Å². The van der Waals surface area contributed by atoms with Crippen molar-refractivity contribution in [1.82, 2.24) is 9.88 Å². The van der Waals surface area contributed by atoms with Crippen LogP contribution >= 0.6 is 11.3 Å². The monoisotopic (exact) mass is 361 g/mol. The van der Waals surface area contributed by atoms with Gasteiger partial charge in [-0.15, -0.1) is 11.3 Å². The number of rotatable bonds is 6. The molecule has 1 aliphatic rings. The van der Waals surface area contributed by atoms with Gasteiger partial charge in [-0.05, 0) is 44.0 Å². The summed E-state index contributed by atoms with van der Waals surface area (Å²) in [4.78, 5) is 19.2. The summed E-state index contributed by atoms with van der Waals surface area (Å²) < 4.78 is 11.3. The highest BCUT2D eigenvalue weighted by atomic mass is 32.1. The van der Waals surface area contributed by atoms with Crippen LogP contribution in [-0.2, 0) is 11.3 Å². The molecule has 1 N–H and O–H groups in total. The van der Waals surface area contributed by atoms with E-state index >= 15 is 0 Å². The normalized spacial score (nSPS) is 16.6. The number of aryl methyl sites for hydroxylation is 1. The van der Waals surface area contributed by atoms with Gasteiger partial charge in [0, 0.05) is 30.4 Å². The highest BCUT2D eigenvalue weighted by Crippen LogP contribution is 2.19. The molecule has 1 saturated heterocycles. The van der Waals surface area contributed by atoms with Gasteiger partial charge >= 0.3 is 6.03 Å². The Bertz CT molecular complexity index is 696. The minimum Gasteiger partial charge on any atom is -0.491 e. The number of anilines is 1. The number of urea groups is 1. The van der Waals surface area contributed by atoms with Crippen molar-refractivity contribution in [2.24, 2.45) is 0 Å². The number of aromatic nitrogens is 1. The zero-order valence-corrected chi connectivity index (χ0v) is 15.3. The van der Waals surface area contributed by atoms with Gasteiger partial charge in [-0.25, -0.2) is 9.78 Å². The van der Waals surface area contributed by atoms with E-state index in [1.807, 2.05) is 37.4 Å². The second-order valence-electron chi connectivity index (χ2n) is 6.10. The molecule has 0 saturated carbocycles. The van der Waals surface area contributed by atoms with Crippen molar-refractivity contribution >= 4 is 23.1 Å². The number of hydrogen-bond donors (Lipinski definition) is 1. The van der Waals surface area contributed by atoms with Crippen LogP contribution in [0.25, 0.3) is 0 Å². The molecule has 2 amide bonds. The van der Waals surface area contributed by atoms with Crippen LogP contribution in [0.15, 0.2) is 30.5 Å². The van der Waals surface area contributed by atoms with Crippen LogP contribution in [0.5, 0.6) is 5.75 Å². The molecule has 7 heteroatoms. The van der Waals surface area contributed by atoms with Crippen molar-refractivity contribution in [1.29, 1.82) is 0 Å².